The topological polar surface area (TPSA) is 70.1 Å². The maximum Gasteiger partial charge on any atom is 0.260 e. The minimum atomic E-state index is -1.11. The molecule has 2 atom stereocenters. The fourth-order valence-electron chi connectivity index (χ4n) is 4.41. The van der Waals surface area contributed by atoms with Crippen LogP contribution in [0, 0.1) is 18.3 Å². The van der Waals surface area contributed by atoms with Crippen LogP contribution in [0.5, 0.6) is 0 Å². The second kappa shape index (κ2) is 6.95. The van der Waals surface area contributed by atoms with Crippen LogP contribution < -0.4 is 9.91 Å². The van der Waals surface area contributed by atoms with Gasteiger partial charge in [-0.2, -0.15) is 10.1 Å². The third kappa shape index (κ3) is 2.78. The normalized spacial score (nSPS) is 24.4. The minimum absolute atomic E-state index is 0.00177. The van der Waals surface area contributed by atoms with E-state index in [1.165, 1.54) is 9.91 Å². The number of hydrogen-bond donors (Lipinski definition) is 0. The van der Waals surface area contributed by atoms with Gasteiger partial charge in [0, 0.05) is 6.42 Å². The summed E-state index contributed by atoms with van der Waals surface area (Å²) in [6.45, 7) is 5.59. The van der Waals surface area contributed by atoms with Crippen LogP contribution in [0.3, 0.4) is 0 Å². The molecule has 0 aromatic heterocycles. The van der Waals surface area contributed by atoms with Crippen LogP contribution in [0.2, 0.25) is 0 Å². The summed E-state index contributed by atoms with van der Waals surface area (Å²) in [5.41, 5.74) is 1.70. The number of carbonyl (C=O) groups excluding carboxylic acids is 3. The molecule has 2 aromatic carbocycles. The van der Waals surface area contributed by atoms with E-state index in [2.05, 4.69) is 5.10 Å². The van der Waals surface area contributed by atoms with Gasteiger partial charge in [0.2, 0.25) is 11.8 Å². The SMILES string of the molecule is CCC1(C2CC(=O)N(c3ccc(C)cc3)C2=O)C(=O)N(c2ccccc2)N=C1C. The lowest BCUT2D eigenvalue weighted by Gasteiger charge is -2.31. The van der Waals surface area contributed by atoms with Gasteiger partial charge in [-0.15, -0.1) is 0 Å². The molecular formula is C23H23N3O3. The predicted molar refractivity (Wildman–Crippen MR) is 112 cm³/mol. The number of anilines is 2. The van der Waals surface area contributed by atoms with Crippen molar-refractivity contribution in [2.45, 2.75) is 33.6 Å². The number of carbonyl (C=O) groups is 3. The smallest absolute Gasteiger partial charge is 0.260 e. The first-order valence-corrected chi connectivity index (χ1v) is 9.79. The minimum Gasteiger partial charge on any atom is -0.274 e. The Morgan fingerprint density at radius 3 is 2.24 bits per heavy atom. The Kier molecular flexibility index (Phi) is 4.57. The highest BCUT2D eigenvalue weighted by Gasteiger charge is 2.60. The van der Waals surface area contributed by atoms with Crippen molar-refractivity contribution in [3.8, 4) is 0 Å². The molecule has 2 aliphatic rings. The van der Waals surface area contributed by atoms with Crippen molar-refractivity contribution in [3.63, 3.8) is 0 Å². The molecule has 0 spiro atoms. The molecule has 3 amide bonds. The van der Waals surface area contributed by atoms with E-state index in [4.69, 9.17) is 0 Å². The number of hydrazone groups is 1. The van der Waals surface area contributed by atoms with Crippen LogP contribution in [0.15, 0.2) is 59.7 Å². The van der Waals surface area contributed by atoms with Gasteiger partial charge in [-0.25, -0.2) is 0 Å². The third-order valence-corrected chi connectivity index (χ3v) is 6.06. The van der Waals surface area contributed by atoms with Gasteiger partial charge in [0.25, 0.3) is 5.91 Å². The lowest BCUT2D eigenvalue weighted by molar-refractivity contribution is -0.132. The second-order valence-electron chi connectivity index (χ2n) is 7.62. The van der Waals surface area contributed by atoms with E-state index in [-0.39, 0.29) is 24.1 Å². The van der Waals surface area contributed by atoms with E-state index < -0.39 is 11.3 Å². The number of para-hydroxylation sites is 1. The third-order valence-electron chi connectivity index (χ3n) is 6.06. The van der Waals surface area contributed by atoms with Gasteiger partial charge < -0.3 is 0 Å². The number of imide groups is 1. The van der Waals surface area contributed by atoms with Crippen molar-refractivity contribution in [2.75, 3.05) is 9.91 Å². The first kappa shape index (κ1) is 19.1. The molecule has 2 aliphatic heterocycles. The fraction of sp³-hybridized carbons (Fsp3) is 0.304. The Morgan fingerprint density at radius 2 is 1.62 bits per heavy atom. The number of benzene rings is 2. The van der Waals surface area contributed by atoms with Gasteiger partial charge in [-0.05, 0) is 44.5 Å². The monoisotopic (exact) mass is 389 g/mol. The Labute approximate surface area is 169 Å². The van der Waals surface area contributed by atoms with Gasteiger partial charge in [0.15, 0.2) is 0 Å². The van der Waals surface area contributed by atoms with Crippen LogP contribution in [0.4, 0.5) is 11.4 Å². The predicted octanol–water partition coefficient (Wildman–Crippen LogP) is 3.69. The average Bonchev–Trinajstić information content (AvgIpc) is 3.16. The van der Waals surface area contributed by atoms with E-state index in [0.29, 0.717) is 23.5 Å². The lowest BCUT2D eigenvalue weighted by Crippen LogP contribution is -2.47. The second-order valence-corrected chi connectivity index (χ2v) is 7.62. The zero-order chi connectivity index (χ0) is 20.8. The van der Waals surface area contributed by atoms with Gasteiger partial charge >= 0.3 is 0 Å². The number of amides is 3. The molecular weight excluding hydrogens is 366 g/mol. The maximum atomic E-state index is 13.5. The van der Waals surface area contributed by atoms with E-state index in [1.807, 2.05) is 44.2 Å². The summed E-state index contributed by atoms with van der Waals surface area (Å²) in [4.78, 5) is 40.9. The number of rotatable bonds is 4. The molecule has 2 unspecified atom stereocenters. The fourth-order valence-corrected chi connectivity index (χ4v) is 4.41. The van der Waals surface area contributed by atoms with Crippen LogP contribution >= 0.6 is 0 Å². The summed E-state index contributed by atoms with van der Waals surface area (Å²) in [6, 6.07) is 16.4. The molecule has 148 valence electrons. The largest absolute Gasteiger partial charge is 0.274 e. The Bertz CT molecular complexity index is 1010. The Hall–Kier alpha value is -3.28. The summed E-state index contributed by atoms with van der Waals surface area (Å²) in [6.07, 6.45) is 0.401. The summed E-state index contributed by atoms with van der Waals surface area (Å²) in [5.74, 6) is -1.62. The van der Waals surface area contributed by atoms with Crippen molar-refractivity contribution in [1.82, 2.24) is 0 Å². The Balaban J connectivity index is 1.72. The summed E-state index contributed by atoms with van der Waals surface area (Å²) >= 11 is 0. The molecule has 0 aliphatic carbocycles. The molecule has 2 heterocycles. The van der Waals surface area contributed by atoms with E-state index >= 15 is 0 Å². The van der Waals surface area contributed by atoms with Gasteiger partial charge in [0.1, 0.15) is 5.41 Å². The quantitative estimate of drug-likeness (QED) is 0.749. The molecule has 6 nitrogen and oxygen atoms in total. The zero-order valence-corrected chi connectivity index (χ0v) is 16.8. The van der Waals surface area contributed by atoms with Crippen molar-refractivity contribution in [3.05, 3.63) is 60.2 Å². The van der Waals surface area contributed by atoms with Crippen molar-refractivity contribution < 1.29 is 14.4 Å². The molecule has 1 saturated heterocycles. The summed E-state index contributed by atoms with van der Waals surface area (Å²) in [7, 11) is 0. The maximum absolute atomic E-state index is 13.5. The zero-order valence-electron chi connectivity index (χ0n) is 16.8. The summed E-state index contributed by atoms with van der Waals surface area (Å²) < 4.78 is 0. The first-order valence-electron chi connectivity index (χ1n) is 9.79. The van der Waals surface area contributed by atoms with Crippen LogP contribution in [-0.4, -0.2) is 23.4 Å². The average molecular weight is 389 g/mol. The van der Waals surface area contributed by atoms with Gasteiger partial charge in [-0.1, -0.05) is 42.8 Å². The first-order chi connectivity index (χ1) is 13.9. The van der Waals surface area contributed by atoms with E-state index in [1.54, 1.807) is 31.2 Å². The number of hydrogen-bond acceptors (Lipinski definition) is 4. The standard InChI is InChI=1S/C23H23N3O3/c1-4-23(16(3)24-26(22(23)29)18-8-6-5-7-9-18)19-14-20(27)25(21(19)28)17-12-10-15(2)11-13-17/h5-13,19H,4,14H2,1-3H3. The van der Waals surface area contributed by atoms with Crippen molar-refractivity contribution in [2.24, 2.45) is 16.4 Å². The molecule has 2 aromatic rings. The van der Waals surface area contributed by atoms with Gasteiger partial charge in [0.05, 0.1) is 23.0 Å². The molecule has 0 saturated carbocycles. The Morgan fingerprint density at radius 1 is 0.966 bits per heavy atom. The molecule has 0 radical (unpaired) electrons. The van der Waals surface area contributed by atoms with Crippen LogP contribution in [0.25, 0.3) is 0 Å². The van der Waals surface area contributed by atoms with Gasteiger partial charge in [-0.3, -0.25) is 19.3 Å². The van der Waals surface area contributed by atoms with Crippen LogP contribution in [-0.2, 0) is 14.4 Å². The van der Waals surface area contributed by atoms with E-state index in [9.17, 15) is 14.4 Å². The molecule has 4 rings (SSSR count). The molecule has 29 heavy (non-hydrogen) atoms. The highest BCUT2D eigenvalue weighted by atomic mass is 16.2. The van der Waals surface area contributed by atoms with Crippen molar-refractivity contribution >= 4 is 34.8 Å². The molecule has 0 N–H and O–H groups in total. The highest BCUT2D eigenvalue weighted by Crippen LogP contribution is 2.47. The molecule has 1 fully saturated rings. The number of aryl methyl sites for hydroxylation is 1. The van der Waals surface area contributed by atoms with Crippen LogP contribution in [0.1, 0.15) is 32.3 Å². The lowest BCUT2D eigenvalue weighted by atomic mass is 9.69. The molecule has 0 bridgehead atoms. The molecule has 6 heteroatoms. The summed E-state index contributed by atoms with van der Waals surface area (Å²) in [5, 5.41) is 5.86. The van der Waals surface area contributed by atoms with Crippen molar-refractivity contribution in [1.29, 1.82) is 0 Å². The van der Waals surface area contributed by atoms with E-state index in [0.717, 1.165) is 5.56 Å². The number of nitrogens with zero attached hydrogens (tertiary/aromatic N) is 3. The highest BCUT2D eigenvalue weighted by molar-refractivity contribution is 6.27.